The van der Waals surface area contributed by atoms with Crippen molar-refractivity contribution in [2.24, 2.45) is 0 Å². The number of carbonyl (C=O) groups is 1. The molecule has 0 amide bonds. The van der Waals surface area contributed by atoms with Crippen molar-refractivity contribution in [2.45, 2.75) is 6.92 Å². The van der Waals surface area contributed by atoms with Crippen LogP contribution in [0.4, 0.5) is 5.69 Å². The largest absolute Gasteiger partial charge is 0.494 e. The van der Waals surface area contributed by atoms with Gasteiger partial charge < -0.3 is 18.9 Å². The fourth-order valence-corrected chi connectivity index (χ4v) is 2.14. The molecule has 26 heavy (non-hydrogen) atoms. The summed E-state index contributed by atoms with van der Waals surface area (Å²) < 4.78 is 20.7. The first kappa shape index (κ1) is 19.0. The minimum atomic E-state index is -0.675. The highest BCUT2D eigenvalue weighted by Crippen LogP contribution is 2.27. The second-order valence-corrected chi connectivity index (χ2v) is 5.03. The molecule has 0 N–H and O–H groups in total. The van der Waals surface area contributed by atoms with Crippen molar-refractivity contribution in [1.29, 1.82) is 0 Å². The summed E-state index contributed by atoms with van der Waals surface area (Å²) in [4.78, 5) is 22.4. The van der Waals surface area contributed by atoms with Gasteiger partial charge in [-0.25, -0.2) is 4.79 Å². The van der Waals surface area contributed by atoms with Crippen molar-refractivity contribution in [3.8, 4) is 17.2 Å². The number of methoxy groups -OCH3 is 1. The van der Waals surface area contributed by atoms with Crippen molar-refractivity contribution in [2.75, 3.05) is 26.9 Å². The molecule has 0 saturated carbocycles. The summed E-state index contributed by atoms with van der Waals surface area (Å²) in [5.74, 6) is 0.758. The van der Waals surface area contributed by atoms with Crippen LogP contribution in [0.25, 0.3) is 0 Å². The first-order valence-corrected chi connectivity index (χ1v) is 7.90. The third-order valence-corrected chi connectivity index (χ3v) is 3.33. The predicted octanol–water partition coefficient (Wildman–Crippen LogP) is 3.24. The minimum absolute atomic E-state index is 0.00582. The Morgan fingerprint density at radius 3 is 2.27 bits per heavy atom. The van der Waals surface area contributed by atoms with Gasteiger partial charge in [-0.2, -0.15) is 0 Å². The van der Waals surface area contributed by atoms with Crippen molar-refractivity contribution in [1.82, 2.24) is 0 Å². The third-order valence-electron chi connectivity index (χ3n) is 3.33. The van der Waals surface area contributed by atoms with Gasteiger partial charge in [0.2, 0.25) is 0 Å². The van der Waals surface area contributed by atoms with Gasteiger partial charge in [0.1, 0.15) is 24.7 Å². The SMILES string of the molecule is CCOc1ccc(OCCOC(=O)c2ccc(OC)c([N+](=O)[O-])c2)cc1. The number of esters is 1. The molecule has 0 aromatic heterocycles. The van der Waals surface area contributed by atoms with Crippen LogP contribution in [-0.2, 0) is 4.74 Å². The molecular formula is C18H19NO7. The number of carbonyl (C=O) groups excluding carboxylic acids is 1. The summed E-state index contributed by atoms with van der Waals surface area (Å²) in [5.41, 5.74) is -0.230. The molecule has 2 rings (SSSR count). The van der Waals surface area contributed by atoms with E-state index in [-0.39, 0.29) is 30.2 Å². The Hall–Kier alpha value is -3.29. The minimum Gasteiger partial charge on any atom is -0.494 e. The summed E-state index contributed by atoms with van der Waals surface area (Å²) >= 11 is 0. The molecule has 0 fully saturated rings. The monoisotopic (exact) mass is 361 g/mol. The molecule has 8 heteroatoms. The number of ether oxygens (including phenoxy) is 4. The lowest BCUT2D eigenvalue weighted by Crippen LogP contribution is -2.12. The van der Waals surface area contributed by atoms with E-state index in [1.165, 1.54) is 19.2 Å². The standard InChI is InChI=1S/C18H19NO7/c1-3-24-14-5-7-15(8-6-14)25-10-11-26-18(20)13-4-9-17(23-2)16(12-13)19(21)22/h4-9,12H,3,10-11H2,1-2H3. The van der Waals surface area contributed by atoms with E-state index in [9.17, 15) is 14.9 Å². The van der Waals surface area contributed by atoms with Gasteiger partial charge in [0.05, 0.1) is 24.2 Å². The van der Waals surface area contributed by atoms with Gasteiger partial charge in [-0.1, -0.05) is 0 Å². The number of rotatable bonds is 9. The zero-order valence-corrected chi connectivity index (χ0v) is 14.5. The van der Waals surface area contributed by atoms with Gasteiger partial charge in [-0.3, -0.25) is 10.1 Å². The second kappa shape index (κ2) is 9.26. The maximum atomic E-state index is 12.0. The van der Waals surface area contributed by atoms with Gasteiger partial charge in [-0.15, -0.1) is 0 Å². The van der Waals surface area contributed by atoms with E-state index in [4.69, 9.17) is 18.9 Å². The van der Waals surface area contributed by atoms with Crippen molar-refractivity contribution < 1.29 is 28.7 Å². The molecule has 2 aromatic rings. The van der Waals surface area contributed by atoms with E-state index in [0.29, 0.717) is 12.4 Å². The Morgan fingerprint density at radius 2 is 1.69 bits per heavy atom. The Kier molecular flexibility index (Phi) is 6.78. The Balaban J connectivity index is 1.85. The van der Waals surface area contributed by atoms with Crippen LogP contribution < -0.4 is 14.2 Å². The maximum absolute atomic E-state index is 12.0. The van der Waals surface area contributed by atoms with Crippen LogP contribution in [0.5, 0.6) is 17.2 Å². The molecule has 0 heterocycles. The van der Waals surface area contributed by atoms with Crippen LogP contribution in [0.1, 0.15) is 17.3 Å². The zero-order chi connectivity index (χ0) is 18.9. The average Bonchev–Trinajstić information content (AvgIpc) is 2.66. The lowest BCUT2D eigenvalue weighted by Gasteiger charge is -2.09. The van der Waals surface area contributed by atoms with Gasteiger partial charge in [-0.05, 0) is 43.3 Å². The quantitative estimate of drug-likeness (QED) is 0.293. The zero-order valence-electron chi connectivity index (χ0n) is 14.5. The highest BCUT2D eigenvalue weighted by Gasteiger charge is 2.18. The average molecular weight is 361 g/mol. The third kappa shape index (κ3) is 5.10. The van der Waals surface area contributed by atoms with Crippen LogP contribution in [-0.4, -0.2) is 37.8 Å². The number of nitrogens with zero attached hydrogens (tertiary/aromatic N) is 1. The van der Waals surface area contributed by atoms with Crippen LogP contribution in [0.15, 0.2) is 42.5 Å². The molecule has 0 spiro atoms. The van der Waals surface area contributed by atoms with E-state index in [0.717, 1.165) is 11.8 Å². The van der Waals surface area contributed by atoms with E-state index < -0.39 is 10.9 Å². The highest BCUT2D eigenvalue weighted by atomic mass is 16.6. The summed E-state index contributed by atoms with van der Waals surface area (Å²) in [5, 5.41) is 11.0. The van der Waals surface area contributed by atoms with Gasteiger partial charge in [0, 0.05) is 6.07 Å². The molecule has 0 bridgehead atoms. The van der Waals surface area contributed by atoms with Crippen LogP contribution in [0, 0.1) is 10.1 Å². The van der Waals surface area contributed by atoms with Gasteiger partial charge in [0.25, 0.3) is 0 Å². The molecule has 2 aromatic carbocycles. The Bertz CT molecular complexity index is 759. The number of hydrogen-bond donors (Lipinski definition) is 0. The highest BCUT2D eigenvalue weighted by molar-refractivity contribution is 5.90. The molecule has 0 atom stereocenters. The maximum Gasteiger partial charge on any atom is 0.338 e. The molecule has 0 saturated heterocycles. The summed E-state index contributed by atoms with van der Waals surface area (Å²) in [6.45, 7) is 2.64. The van der Waals surface area contributed by atoms with E-state index >= 15 is 0 Å². The van der Waals surface area contributed by atoms with Gasteiger partial charge >= 0.3 is 11.7 Å². The number of nitro benzene ring substituents is 1. The smallest absolute Gasteiger partial charge is 0.338 e. The fourth-order valence-electron chi connectivity index (χ4n) is 2.14. The van der Waals surface area contributed by atoms with Gasteiger partial charge in [0.15, 0.2) is 5.75 Å². The van der Waals surface area contributed by atoms with E-state index in [2.05, 4.69) is 0 Å². The first-order valence-electron chi connectivity index (χ1n) is 7.90. The lowest BCUT2D eigenvalue weighted by molar-refractivity contribution is -0.385. The molecule has 0 radical (unpaired) electrons. The number of nitro groups is 1. The van der Waals surface area contributed by atoms with Crippen LogP contribution in [0.3, 0.4) is 0 Å². The first-order chi connectivity index (χ1) is 12.5. The summed E-state index contributed by atoms with van der Waals surface area (Å²) in [6, 6.07) is 10.9. The van der Waals surface area contributed by atoms with E-state index in [1.807, 2.05) is 6.92 Å². The lowest BCUT2D eigenvalue weighted by atomic mass is 10.2. The Labute approximate surface area is 150 Å². The summed E-state index contributed by atoms with van der Waals surface area (Å²) in [6.07, 6.45) is 0. The van der Waals surface area contributed by atoms with Crippen LogP contribution >= 0.6 is 0 Å². The molecule has 0 aliphatic heterocycles. The molecule has 0 unspecified atom stereocenters. The second-order valence-electron chi connectivity index (χ2n) is 5.03. The predicted molar refractivity (Wildman–Crippen MR) is 93.0 cm³/mol. The van der Waals surface area contributed by atoms with Crippen LogP contribution in [0.2, 0.25) is 0 Å². The molecule has 138 valence electrons. The van der Waals surface area contributed by atoms with E-state index in [1.54, 1.807) is 24.3 Å². The molecule has 0 aliphatic carbocycles. The molecule has 8 nitrogen and oxygen atoms in total. The number of benzene rings is 2. The van der Waals surface area contributed by atoms with Crippen molar-refractivity contribution >= 4 is 11.7 Å². The fraction of sp³-hybridized carbons (Fsp3) is 0.278. The molecule has 0 aliphatic rings. The molecular weight excluding hydrogens is 342 g/mol. The summed E-state index contributed by atoms with van der Waals surface area (Å²) in [7, 11) is 1.32. The topological polar surface area (TPSA) is 97.1 Å². The van der Waals surface area contributed by atoms with Crippen molar-refractivity contribution in [3.05, 3.63) is 58.1 Å². The normalized spacial score (nSPS) is 10.1. The Morgan fingerprint density at radius 1 is 1.04 bits per heavy atom. The van der Waals surface area contributed by atoms with Crippen molar-refractivity contribution in [3.63, 3.8) is 0 Å². The number of hydrogen-bond acceptors (Lipinski definition) is 7.